The van der Waals surface area contributed by atoms with Crippen LogP contribution in [0.1, 0.15) is 12.5 Å². The molecule has 94 valence electrons. The highest BCUT2D eigenvalue weighted by Gasteiger charge is 2.17. The second-order valence-electron chi connectivity index (χ2n) is 3.92. The molecule has 1 rings (SSSR count). The molecule has 1 N–H and O–H groups in total. The molecule has 0 saturated heterocycles. The first-order valence-electron chi connectivity index (χ1n) is 5.66. The minimum Gasteiger partial charge on any atom is -0.395 e. The average molecular weight is 237 g/mol. The molecule has 0 aliphatic heterocycles. The molecule has 0 spiro atoms. The van der Waals surface area contributed by atoms with Gasteiger partial charge in [-0.15, -0.1) is 0 Å². The van der Waals surface area contributed by atoms with Crippen molar-refractivity contribution in [3.63, 3.8) is 0 Å². The number of likely N-dealkylation sites (N-methyl/N-ethyl adjacent to an activating group) is 1. The highest BCUT2D eigenvalue weighted by atomic mass is 16.5. The number of hydrogen-bond donors (Lipinski definition) is 1. The van der Waals surface area contributed by atoms with Crippen LogP contribution < -0.4 is 0 Å². The summed E-state index contributed by atoms with van der Waals surface area (Å²) in [5, 5.41) is 8.74. The molecule has 0 fully saturated rings. The van der Waals surface area contributed by atoms with Crippen LogP contribution in [0.5, 0.6) is 0 Å². The lowest BCUT2D eigenvalue weighted by molar-refractivity contribution is -0.142. The van der Waals surface area contributed by atoms with E-state index < -0.39 is 6.10 Å². The zero-order valence-corrected chi connectivity index (χ0v) is 10.3. The number of nitrogens with zero attached hydrogens (tertiary/aromatic N) is 1. The van der Waals surface area contributed by atoms with Gasteiger partial charge in [-0.3, -0.25) is 4.79 Å². The largest absolute Gasteiger partial charge is 0.395 e. The minimum atomic E-state index is -0.494. The summed E-state index contributed by atoms with van der Waals surface area (Å²) in [5.41, 5.74) is 1.04. The zero-order valence-electron chi connectivity index (χ0n) is 10.3. The van der Waals surface area contributed by atoms with Gasteiger partial charge in [0.25, 0.3) is 5.91 Å². The first-order valence-corrected chi connectivity index (χ1v) is 5.66. The number of aliphatic hydroxyl groups is 1. The van der Waals surface area contributed by atoms with E-state index in [1.807, 2.05) is 30.3 Å². The second kappa shape index (κ2) is 7.04. The van der Waals surface area contributed by atoms with Crippen molar-refractivity contribution >= 4 is 5.91 Å². The number of carbonyl (C=O) groups is 1. The lowest BCUT2D eigenvalue weighted by Gasteiger charge is -2.20. The van der Waals surface area contributed by atoms with Crippen LogP contribution in [-0.2, 0) is 16.1 Å². The van der Waals surface area contributed by atoms with E-state index in [1.54, 1.807) is 14.0 Å². The number of aliphatic hydroxyl groups excluding tert-OH is 1. The highest BCUT2D eigenvalue weighted by Crippen LogP contribution is 2.05. The summed E-state index contributed by atoms with van der Waals surface area (Å²) in [6.45, 7) is 2.44. The maximum absolute atomic E-state index is 11.7. The van der Waals surface area contributed by atoms with Crippen molar-refractivity contribution in [2.75, 3.05) is 20.2 Å². The molecule has 0 saturated carbocycles. The number of rotatable bonds is 6. The molecule has 1 unspecified atom stereocenters. The van der Waals surface area contributed by atoms with Gasteiger partial charge in [-0.1, -0.05) is 30.3 Å². The van der Waals surface area contributed by atoms with E-state index in [9.17, 15) is 4.79 Å². The molecule has 0 radical (unpaired) electrons. The zero-order chi connectivity index (χ0) is 12.7. The van der Waals surface area contributed by atoms with Crippen LogP contribution in [0.4, 0.5) is 0 Å². The van der Waals surface area contributed by atoms with E-state index >= 15 is 0 Å². The molecule has 4 heteroatoms. The fourth-order valence-electron chi connectivity index (χ4n) is 1.44. The van der Waals surface area contributed by atoms with Crippen LogP contribution in [0.3, 0.4) is 0 Å². The van der Waals surface area contributed by atoms with Gasteiger partial charge in [0, 0.05) is 13.6 Å². The Labute approximate surface area is 102 Å². The third-order valence-corrected chi connectivity index (χ3v) is 2.50. The van der Waals surface area contributed by atoms with Crippen molar-refractivity contribution in [2.24, 2.45) is 0 Å². The lowest BCUT2D eigenvalue weighted by atomic mass is 10.2. The molecular formula is C13H19NO3. The smallest absolute Gasteiger partial charge is 0.251 e. The predicted molar refractivity (Wildman–Crippen MR) is 65.4 cm³/mol. The minimum absolute atomic E-state index is 0.0341. The third kappa shape index (κ3) is 4.54. The number of hydrogen-bond acceptors (Lipinski definition) is 3. The molecule has 1 aromatic carbocycles. The number of amides is 1. The summed E-state index contributed by atoms with van der Waals surface area (Å²) in [6, 6.07) is 9.71. The summed E-state index contributed by atoms with van der Waals surface area (Å²) in [5.74, 6) is -0.116. The third-order valence-electron chi connectivity index (χ3n) is 2.50. The Morgan fingerprint density at radius 3 is 2.65 bits per heavy atom. The van der Waals surface area contributed by atoms with E-state index in [0.717, 1.165) is 5.56 Å². The Balaban J connectivity index is 2.39. The van der Waals surface area contributed by atoms with Crippen molar-refractivity contribution < 1.29 is 14.6 Å². The average Bonchev–Trinajstić information content (AvgIpc) is 2.36. The molecule has 1 amide bonds. The Kier molecular flexibility index (Phi) is 5.66. The molecule has 1 atom stereocenters. The quantitative estimate of drug-likeness (QED) is 0.804. The summed E-state index contributed by atoms with van der Waals surface area (Å²) >= 11 is 0. The topological polar surface area (TPSA) is 49.8 Å². The van der Waals surface area contributed by atoms with Gasteiger partial charge in [-0.2, -0.15) is 0 Å². The Bertz CT molecular complexity index is 340. The molecule has 1 aromatic rings. The van der Waals surface area contributed by atoms with E-state index in [4.69, 9.17) is 9.84 Å². The molecular weight excluding hydrogens is 218 g/mol. The maximum atomic E-state index is 11.7. The molecule has 17 heavy (non-hydrogen) atoms. The monoisotopic (exact) mass is 237 g/mol. The van der Waals surface area contributed by atoms with Crippen molar-refractivity contribution in [1.82, 2.24) is 4.90 Å². The summed E-state index contributed by atoms with van der Waals surface area (Å²) in [7, 11) is 1.65. The van der Waals surface area contributed by atoms with Crippen LogP contribution in [0.25, 0.3) is 0 Å². The van der Waals surface area contributed by atoms with Crippen molar-refractivity contribution in [3.8, 4) is 0 Å². The van der Waals surface area contributed by atoms with E-state index in [2.05, 4.69) is 0 Å². The van der Waals surface area contributed by atoms with Crippen LogP contribution in [-0.4, -0.2) is 42.2 Å². The van der Waals surface area contributed by atoms with Crippen molar-refractivity contribution in [1.29, 1.82) is 0 Å². The normalized spacial score (nSPS) is 12.2. The molecule has 0 aromatic heterocycles. The predicted octanol–water partition coefficient (Wildman–Crippen LogP) is 1.04. The summed E-state index contributed by atoms with van der Waals surface area (Å²) in [6.07, 6.45) is -0.494. The Morgan fingerprint density at radius 1 is 1.41 bits per heavy atom. The summed E-state index contributed by atoms with van der Waals surface area (Å²) in [4.78, 5) is 13.2. The van der Waals surface area contributed by atoms with Crippen molar-refractivity contribution in [3.05, 3.63) is 35.9 Å². The van der Waals surface area contributed by atoms with Crippen LogP contribution in [0.15, 0.2) is 30.3 Å². The van der Waals surface area contributed by atoms with Crippen LogP contribution in [0, 0.1) is 0 Å². The maximum Gasteiger partial charge on any atom is 0.251 e. The van der Waals surface area contributed by atoms with Gasteiger partial charge in [0.05, 0.1) is 13.2 Å². The Morgan fingerprint density at radius 2 is 2.06 bits per heavy atom. The second-order valence-corrected chi connectivity index (χ2v) is 3.92. The SMILES string of the molecule is CC(OCc1ccccc1)C(=O)N(C)CCO. The Hall–Kier alpha value is -1.39. The van der Waals surface area contributed by atoms with Gasteiger partial charge in [0.1, 0.15) is 6.10 Å². The molecule has 0 aliphatic carbocycles. The number of benzene rings is 1. The highest BCUT2D eigenvalue weighted by molar-refractivity contribution is 5.80. The van der Waals surface area contributed by atoms with Gasteiger partial charge in [0.15, 0.2) is 0 Å². The van der Waals surface area contributed by atoms with Gasteiger partial charge >= 0.3 is 0 Å². The molecule has 4 nitrogen and oxygen atoms in total. The van der Waals surface area contributed by atoms with Crippen LogP contribution in [0.2, 0.25) is 0 Å². The number of ether oxygens (including phenoxy) is 1. The summed E-state index contributed by atoms with van der Waals surface area (Å²) < 4.78 is 5.48. The fraction of sp³-hybridized carbons (Fsp3) is 0.462. The van der Waals surface area contributed by atoms with E-state index in [-0.39, 0.29) is 12.5 Å². The van der Waals surface area contributed by atoms with Gasteiger partial charge < -0.3 is 14.7 Å². The first-order chi connectivity index (χ1) is 8.15. The number of carbonyl (C=O) groups excluding carboxylic acids is 1. The van der Waals surface area contributed by atoms with Gasteiger partial charge in [-0.25, -0.2) is 0 Å². The fourth-order valence-corrected chi connectivity index (χ4v) is 1.44. The van der Waals surface area contributed by atoms with E-state index in [1.165, 1.54) is 4.90 Å². The standard InChI is InChI=1S/C13H19NO3/c1-11(13(16)14(2)8-9-15)17-10-12-6-4-3-5-7-12/h3-7,11,15H,8-10H2,1-2H3. The van der Waals surface area contributed by atoms with Gasteiger partial charge in [0.2, 0.25) is 0 Å². The lowest BCUT2D eigenvalue weighted by Crippen LogP contribution is -2.37. The van der Waals surface area contributed by atoms with E-state index in [0.29, 0.717) is 13.2 Å². The molecule has 0 bridgehead atoms. The van der Waals surface area contributed by atoms with Crippen LogP contribution >= 0.6 is 0 Å². The van der Waals surface area contributed by atoms with Crippen molar-refractivity contribution in [2.45, 2.75) is 19.6 Å². The molecule has 0 aliphatic rings. The van der Waals surface area contributed by atoms with Gasteiger partial charge in [-0.05, 0) is 12.5 Å². The first kappa shape index (κ1) is 13.7. The molecule has 0 heterocycles.